The molecule has 0 unspecified atom stereocenters. The Kier molecular flexibility index (Phi) is 6.11. The van der Waals surface area contributed by atoms with Crippen LogP contribution in [-0.2, 0) is 6.54 Å². The Morgan fingerprint density at radius 2 is 1.77 bits per heavy atom. The summed E-state index contributed by atoms with van der Waals surface area (Å²) < 4.78 is 0. The van der Waals surface area contributed by atoms with Crippen LogP contribution in [0, 0.1) is 0 Å². The maximum Gasteiger partial charge on any atom is 0.273 e. The molecule has 3 rings (SSSR count). The fraction of sp³-hybridized carbons (Fsp3) is 0.250. The largest absolute Gasteiger partial charge is 0.351 e. The maximum absolute atomic E-state index is 12.2. The van der Waals surface area contributed by atoms with E-state index in [9.17, 15) is 4.79 Å². The second-order valence-electron chi connectivity index (χ2n) is 6.19. The lowest BCUT2D eigenvalue weighted by Gasteiger charge is -2.16. The van der Waals surface area contributed by atoms with E-state index in [-0.39, 0.29) is 5.91 Å². The molecule has 3 aromatic rings. The van der Waals surface area contributed by atoms with Crippen LogP contribution in [-0.4, -0.2) is 45.9 Å². The molecule has 1 N–H and O–H groups in total. The zero-order valence-electron chi connectivity index (χ0n) is 14.9. The Morgan fingerprint density at radius 3 is 2.50 bits per heavy atom. The molecule has 0 radical (unpaired) electrons. The molecule has 2 aromatic carbocycles. The molecule has 0 aliphatic rings. The number of carbonyl (C=O) groups excluding carboxylic acids is 1. The topological polar surface area (TPSA) is 63.1 Å². The van der Waals surface area contributed by atoms with Gasteiger partial charge in [0.2, 0.25) is 0 Å². The second kappa shape index (κ2) is 8.92. The monoisotopic (exact) mass is 349 g/mol. The van der Waals surface area contributed by atoms with Crippen LogP contribution in [0.4, 0.5) is 0 Å². The van der Waals surface area contributed by atoms with Crippen LogP contribution in [0.25, 0.3) is 5.69 Å². The van der Waals surface area contributed by atoms with Gasteiger partial charge in [-0.25, -0.2) is 0 Å². The van der Waals surface area contributed by atoms with Crippen molar-refractivity contribution < 1.29 is 4.79 Å². The van der Waals surface area contributed by atoms with Crippen LogP contribution in [0.1, 0.15) is 22.5 Å². The Morgan fingerprint density at radius 1 is 1.08 bits per heavy atom. The van der Waals surface area contributed by atoms with E-state index in [1.807, 2.05) is 48.5 Å². The first-order valence-corrected chi connectivity index (χ1v) is 8.71. The number of hydrogen-bond acceptors (Lipinski definition) is 4. The first kappa shape index (κ1) is 17.8. The van der Waals surface area contributed by atoms with Gasteiger partial charge >= 0.3 is 0 Å². The molecule has 6 heteroatoms. The van der Waals surface area contributed by atoms with Crippen LogP contribution in [0.2, 0.25) is 0 Å². The molecule has 0 saturated heterocycles. The SMILES string of the molecule is CN(CCCNC(=O)c1cnn(-c2ccccc2)n1)Cc1ccccc1. The van der Waals surface area contributed by atoms with Crippen LogP contribution in [0.15, 0.2) is 66.9 Å². The lowest BCUT2D eigenvalue weighted by Crippen LogP contribution is -2.28. The van der Waals surface area contributed by atoms with E-state index in [4.69, 9.17) is 0 Å². The molecule has 0 spiro atoms. The standard InChI is InChI=1S/C20H23N5O/c1-24(16-17-9-4-2-5-10-17)14-8-13-21-20(26)19-15-22-25(23-19)18-11-6-3-7-12-18/h2-7,9-12,15H,8,13-14,16H2,1H3,(H,21,26). The molecule has 1 amide bonds. The quantitative estimate of drug-likeness (QED) is 0.635. The third-order valence-electron chi connectivity index (χ3n) is 4.01. The fourth-order valence-corrected chi connectivity index (χ4v) is 2.67. The van der Waals surface area contributed by atoms with Crippen LogP contribution in [0.5, 0.6) is 0 Å². The number of amides is 1. The third-order valence-corrected chi connectivity index (χ3v) is 4.01. The normalized spacial score (nSPS) is 10.8. The zero-order valence-corrected chi connectivity index (χ0v) is 14.9. The lowest BCUT2D eigenvalue weighted by atomic mass is 10.2. The molecule has 1 heterocycles. The van der Waals surface area contributed by atoms with Crippen LogP contribution >= 0.6 is 0 Å². The summed E-state index contributed by atoms with van der Waals surface area (Å²) in [4.78, 5) is 15.9. The van der Waals surface area contributed by atoms with Crippen molar-refractivity contribution in [3.8, 4) is 5.69 Å². The van der Waals surface area contributed by atoms with Crippen molar-refractivity contribution in [2.24, 2.45) is 0 Å². The summed E-state index contributed by atoms with van der Waals surface area (Å²) in [5.41, 5.74) is 2.44. The molecule has 0 fully saturated rings. The zero-order chi connectivity index (χ0) is 18.2. The van der Waals surface area contributed by atoms with Gasteiger partial charge < -0.3 is 10.2 Å². The molecule has 0 bridgehead atoms. The van der Waals surface area contributed by atoms with Crippen molar-refractivity contribution in [3.05, 3.63) is 78.1 Å². The van der Waals surface area contributed by atoms with Crippen molar-refractivity contribution in [1.82, 2.24) is 25.2 Å². The predicted octanol–water partition coefficient (Wildman–Crippen LogP) is 2.52. The summed E-state index contributed by atoms with van der Waals surface area (Å²) in [5, 5.41) is 11.3. The molecule has 6 nitrogen and oxygen atoms in total. The van der Waals surface area contributed by atoms with Crippen LogP contribution in [0.3, 0.4) is 0 Å². The highest BCUT2D eigenvalue weighted by molar-refractivity contribution is 5.91. The summed E-state index contributed by atoms with van der Waals surface area (Å²) in [6.45, 7) is 2.42. The Hall–Kier alpha value is -2.99. The second-order valence-corrected chi connectivity index (χ2v) is 6.19. The molecule has 0 saturated carbocycles. The lowest BCUT2D eigenvalue weighted by molar-refractivity contribution is 0.0946. The van der Waals surface area contributed by atoms with E-state index in [2.05, 4.69) is 39.6 Å². The van der Waals surface area contributed by atoms with E-state index in [1.54, 1.807) is 0 Å². The first-order valence-electron chi connectivity index (χ1n) is 8.71. The van der Waals surface area contributed by atoms with Gasteiger partial charge in [-0.2, -0.15) is 9.90 Å². The molecule has 26 heavy (non-hydrogen) atoms. The van der Waals surface area contributed by atoms with E-state index >= 15 is 0 Å². The third kappa shape index (κ3) is 5.00. The number of nitrogens with one attached hydrogen (secondary N) is 1. The average Bonchev–Trinajstić information content (AvgIpc) is 3.17. The summed E-state index contributed by atoms with van der Waals surface area (Å²) in [6, 6.07) is 19.9. The molecule has 0 aliphatic carbocycles. The van der Waals surface area contributed by atoms with Gasteiger partial charge in [0, 0.05) is 13.1 Å². The fourth-order valence-electron chi connectivity index (χ4n) is 2.67. The van der Waals surface area contributed by atoms with E-state index in [1.165, 1.54) is 16.6 Å². The highest BCUT2D eigenvalue weighted by atomic mass is 16.2. The number of nitrogens with zero attached hydrogens (tertiary/aromatic N) is 4. The summed E-state index contributed by atoms with van der Waals surface area (Å²) in [6.07, 6.45) is 2.37. The number of para-hydroxylation sites is 1. The summed E-state index contributed by atoms with van der Waals surface area (Å²) >= 11 is 0. The van der Waals surface area contributed by atoms with Gasteiger partial charge in [0.1, 0.15) is 0 Å². The van der Waals surface area contributed by atoms with Crippen LogP contribution < -0.4 is 5.32 Å². The van der Waals surface area contributed by atoms with E-state index in [0.717, 1.165) is 25.2 Å². The highest BCUT2D eigenvalue weighted by Gasteiger charge is 2.11. The summed E-state index contributed by atoms with van der Waals surface area (Å²) in [7, 11) is 2.08. The molecular formula is C20H23N5O. The number of aromatic nitrogens is 3. The summed E-state index contributed by atoms with van der Waals surface area (Å²) in [5.74, 6) is -0.196. The van der Waals surface area contributed by atoms with Gasteiger partial charge in [-0.15, -0.1) is 5.10 Å². The molecule has 0 aliphatic heterocycles. The van der Waals surface area contributed by atoms with Crippen molar-refractivity contribution in [2.45, 2.75) is 13.0 Å². The van der Waals surface area contributed by atoms with Gasteiger partial charge in [0.05, 0.1) is 11.9 Å². The van der Waals surface area contributed by atoms with Gasteiger partial charge in [-0.05, 0) is 37.7 Å². The number of hydrogen-bond donors (Lipinski definition) is 1. The van der Waals surface area contributed by atoms with Crippen molar-refractivity contribution in [1.29, 1.82) is 0 Å². The van der Waals surface area contributed by atoms with Gasteiger partial charge in [-0.3, -0.25) is 4.79 Å². The van der Waals surface area contributed by atoms with E-state index < -0.39 is 0 Å². The van der Waals surface area contributed by atoms with Gasteiger partial charge in [0.25, 0.3) is 5.91 Å². The van der Waals surface area contributed by atoms with Crippen molar-refractivity contribution in [3.63, 3.8) is 0 Å². The maximum atomic E-state index is 12.2. The minimum Gasteiger partial charge on any atom is -0.351 e. The Balaban J connectivity index is 1.41. The number of rotatable bonds is 8. The van der Waals surface area contributed by atoms with Crippen molar-refractivity contribution >= 4 is 5.91 Å². The average molecular weight is 349 g/mol. The smallest absolute Gasteiger partial charge is 0.273 e. The number of benzene rings is 2. The van der Waals surface area contributed by atoms with E-state index in [0.29, 0.717) is 12.2 Å². The minimum atomic E-state index is -0.196. The molecule has 1 aromatic heterocycles. The highest BCUT2D eigenvalue weighted by Crippen LogP contribution is 2.05. The van der Waals surface area contributed by atoms with Gasteiger partial charge in [-0.1, -0.05) is 48.5 Å². The predicted molar refractivity (Wildman–Crippen MR) is 101 cm³/mol. The Bertz CT molecular complexity index is 816. The van der Waals surface area contributed by atoms with Crippen molar-refractivity contribution in [2.75, 3.05) is 20.1 Å². The molecular weight excluding hydrogens is 326 g/mol. The molecule has 134 valence electrons. The minimum absolute atomic E-state index is 0.196. The van der Waals surface area contributed by atoms with Gasteiger partial charge in [0.15, 0.2) is 5.69 Å². The Labute approximate surface area is 153 Å². The molecule has 0 atom stereocenters. The number of carbonyl (C=O) groups is 1. The first-order chi connectivity index (χ1) is 12.7.